The topological polar surface area (TPSA) is 80.5 Å². The summed E-state index contributed by atoms with van der Waals surface area (Å²) < 4.78 is 7.00. The standard InChI is InChI=1S/C21H20N4O3S/c1-24(15-20(26)28-29-19-6-4-3-5-7-19)21(27)18-10-16(11-22-13-18)8-9-17-12-23-25(2)14-17/h3-7,10-14,20,26H,15H2,1-2H3. The van der Waals surface area contributed by atoms with Crippen molar-refractivity contribution in [2.45, 2.75) is 11.2 Å². The molecule has 1 atom stereocenters. The van der Waals surface area contributed by atoms with Gasteiger partial charge in [0.1, 0.15) is 0 Å². The molecule has 2 aromatic heterocycles. The summed E-state index contributed by atoms with van der Waals surface area (Å²) in [6, 6.07) is 11.1. The molecular formula is C21H20N4O3S. The summed E-state index contributed by atoms with van der Waals surface area (Å²) in [5.41, 5.74) is 1.77. The second-order valence-corrected chi connectivity index (χ2v) is 7.08. The largest absolute Gasteiger partial charge is 0.366 e. The molecule has 3 aromatic rings. The van der Waals surface area contributed by atoms with Crippen molar-refractivity contribution in [2.75, 3.05) is 13.6 Å². The van der Waals surface area contributed by atoms with Gasteiger partial charge in [0.2, 0.25) is 0 Å². The molecule has 1 aromatic carbocycles. The van der Waals surface area contributed by atoms with E-state index in [1.165, 1.54) is 11.1 Å². The molecule has 1 N–H and O–H groups in total. The lowest BCUT2D eigenvalue weighted by Gasteiger charge is -2.20. The maximum absolute atomic E-state index is 12.6. The number of benzene rings is 1. The Bertz CT molecular complexity index is 1030. The van der Waals surface area contributed by atoms with E-state index in [4.69, 9.17) is 4.18 Å². The van der Waals surface area contributed by atoms with Gasteiger partial charge in [0.15, 0.2) is 6.29 Å². The molecule has 0 bridgehead atoms. The highest BCUT2D eigenvalue weighted by Crippen LogP contribution is 2.20. The third-order valence-electron chi connectivity index (χ3n) is 3.82. The predicted molar refractivity (Wildman–Crippen MR) is 110 cm³/mol. The van der Waals surface area contributed by atoms with Crippen LogP contribution in [0.1, 0.15) is 21.5 Å². The molecule has 0 spiro atoms. The molecule has 0 aliphatic carbocycles. The van der Waals surface area contributed by atoms with Crippen LogP contribution in [0.5, 0.6) is 0 Å². The van der Waals surface area contributed by atoms with Crippen molar-refractivity contribution < 1.29 is 14.1 Å². The molecule has 1 amide bonds. The summed E-state index contributed by atoms with van der Waals surface area (Å²) in [4.78, 5) is 19.0. The quantitative estimate of drug-likeness (QED) is 0.383. The molecule has 2 heterocycles. The number of carbonyl (C=O) groups is 1. The number of amides is 1. The monoisotopic (exact) mass is 408 g/mol. The fraction of sp³-hybridized carbons (Fsp3) is 0.190. The average Bonchev–Trinajstić information content (AvgIpc) is 3.16. The molecule has 148 valence electrons. The highest BCUT2D eigenvalue weighted by atomic mass is 32.2. The number of rotatable bonds is 6. The van der Waals surface area contributed by atoms with Crippen molar-refractivity contribution in [1.82, 2.24) is 19.7 Å². The number of likely N-dealkylation sites (N-methyl/N-ethyl adjacent to an activating group) is 1. The Kier molecular flexibility index (Phi) is 7.03. The summed E-state index contributed by atoms with van der Waals surface area (Å²) in [5, 5.41) is 14.1. The first-order chi connectivity index (χ1) is 14.0. The van der Waals surface area contributed by atoms with E-state index in [0.717, 1.165) is 22.5 Å². The van der Waals surface area contributed by atoms with Crippen LogP contribution in [0.15, 0.2) is 66.1 Å². The minimum absolute atomic E-state index is 0.0181. The van der Waals surface area contributed by atoms with Crippen molar-refractivity contribution in [2.24, 2.45) is 7.05 Å². The van der Waals surface area contributed by atoms with Crippen molar-refractivity contribution in [3.05, 3.63) is 77.9 Å². The Labute approximate surface area is 173 Å². The summed E-state index contributed by atoms with van der Waals surface area (Å²) in [5.74, 6) is 5.67. The highest BCUT2D eigenvalue weighted by Gasteiger charge is 2.17. The molecule has 0 saturated carbocycles. The van der Waals surface area contributed by atoms with Crippen LogP contribution in [0.2, 0.25) is 0 Å². The first-order valence-corrected chi connectivity index (χ1v) is 9.53. The van der Waals surface area contributed by atoms with Crippen LogP contribution in [0.4, 0.5) is 0 Å². The van der Waals surface area contributed by atoms with E-state index < -0.39 is 6.29 Å². The second kappa shape index (κ2) is 9.89. The van der Waals surface area contributed by atoms with E-state index in [1.807, 2.05) is 37.4 Å². The number of hydrogen-bond acceptors (Lipinski definition) is 6. The lowest BCUT2D eigenvalue weighted by Crippen LogP contribution is -2.34. The van der Waals surface area contributed by atoms with E-state index in [2.05, 4.69) is 21.9 Å². The number of nitrogens with zero attached hydrogens (tertiary/aromatic N) is 4. The molecule has 0 aliphatic rings. The van der Waals surface area contributed by atoms with E-state index in [9.17, 15) is 9.90 Å². The summed E-state index contributed by atoms with van der Waals surface area (Å²) in [6.07, 6.45) is 5.40. The van der Waals surface area contributed by atoms with Crippen LogP contribution in [0.3, 0.4) is 0 Å². The Morgan fingerprint density at radius 1 is 1.24 bits per heavy atom. The van der Waals surface area contributed by atoms with Gasteiger partial charge in [0.05, 0.1) is 23.9 Å². The number of pyridine rings is 1. The van der Waals surface area contributed by atoms with Crippen LogP contribution < -0.4 is 0 Å². The molecule has 3 rings (SSSR count). The number of aryl methyl sites for hydroxylation is 1. The number of aromatic nitrogens is 3. The smallest absolute Gasteiger partial charge is 0.255 e. The first-order valence-electron chi connectivity index (χ1n) is 8.79. The van der Waals surface area contributed by atoms with E-state index in [1.54, 1.807) is 36.4 Å². The molecule has 0 aliphatic heterocycles. The zero-order valence-electron chi connectivity index (χ0n) is 16.0. The number of hydrogen-bond donors (Lipinski definition) is 1. The second-order valence-electron chi connectivity index (χ2n) is 6.25. The van der Waals surface area contributed by atoms with E-state index in [0.29, 0.717) is 11.1 Å². The molecule has 7 nitrogen and oxygen atoms in total. The SMILES string of the molecule is CN(CC(O)OSc1ccccc1)C(=O)c1cncc(C#Cc2cnn(C)c2)c1. The maximum atomic E-state index is 12.6. The zero-order valence-corrected chi connectivity index (χ0v) is 16.8. The lowest BCUT2D eigenvalue weighted by atomic mass is 10.2. The van der Waals surface area contributed by atoms with Gasteiger partial charge in [-0.2, -0.15) is 5.10 Å². The molecule has 0 radical (unpaired) electrons. The maximum Gasteiger partial charge on any atom is 0.255 e. The van der Waals surface area contributed by atoms with Gasteiger partial charge >= 0.3 is 0 Å². The van der Waals surface area contributed by atoms with Gasteiger partial charge in [-0.25, -0.2) is 0 Å². The lowest BCUT2D eigenvalue weighted by molar-refractivity contribution is -0.0197. The average molecular weight is 408 g/mol. The highest BCUT2D eigenvalue weighted by molar-refractivity contribution is 7.94. The fourth-order valence-electron chi connectivity index (χ4n) is 2.41. The van der Waals surface area contributed by atoms with E-state index >= 15 is 0 Å². The fourth-order valence-corrected chi connectivity index (χ4v) is 2.96. The molecular weight excluding hydrogens is 388 g/mol. The van der Waals surface area contributed by atoms with Gasteiger partial charge in [-0.1, -0.05) is 30.0 Å². The van der Waals surface area contributed by atoms with Crippen molar-refractivity contribution >= 4 is 17.9 Å². The normalized spacial score (nSPS) is 11.4. The van der Waals surface area contributed by atoms with Crippen LogP contribution in [-0.2, 0) is 11.2 Å². The van der Waals surface area contributed by atoms with Gasteiger partial charge < -0.3 is 10.0 Å². The Hall–Kier alpha value is -3.12. The third-order valence-corrected chi connectivity index (χ3v) is 4.60. The molecule has 1 unspecified atom stereocenters. The van der Waals surface area contributed by atoms with Gasteiger partial charge in [-0.05, 0) is 18.2 Å². The summed E-state index contributed by atoms with van der Waals surface area (Å²) in [7, 11) is 3.41. The number of carbonyl (C=O) groups excluding carboxylic acids is 1. The molecule has 0 fully saturated rings. The van der Waals surface area contributed by atoms with Crippen LogP contribution >= 0.6 is 12.0 Å². The number of aliphatic hydroxyl groups is 1. The van der Waals surface area contributed by atoms with Crippen LogP contribution in [0.25, 0.3) is 0 Å². The Balaban J connectivity index is 1.58. The van der Waals surface area contributed by atoms with E-state index in [-0.39, 0.29) is 12.5 Å². The van der Waals surface area contributed by atoms with Crippen molar-refractivity contribution in [3.63, 3.8) is 0 Å². The minimum atomic E-state index is -1.13. The summed E-state index contributed by atoms with van der Waals surface area (Å²) in [6.45, 7) is 0.0181. The molecule has 29 heavy (non-hydrogen) atoms. The van der Waals surface area contributed by atoms with Gasteiger partial charge in [-0.15, -0.1) is 0 Å². The van der Waals surface area contributed by atoms with Gasteiger partial charge in [0, 0.05) is 55.2 Å². The number of aliphatic hydroxyl groups excluding tert-OH is 1. The molecule has 8 heteroatoms. The first kappa shape index (κ1) is 20.6. The van der Waals surface area contributed by atoms with Gasteiger partial charge in [-0.3, -0.25) is 18.6 Å². The van der Waals surface area contributed by atoms with Crippen LogP contribution in [-0.4, -0.2) is 50.6 Å². The zero-order chi connectivity index (χ0) is 20.6. The Morgan fingerprint density at radius 2 is 2.00 bits per heavy atom. The molecule has 0 saturated heterocycles. The van der Waals surface area contributed by atoms with Gasteiger partial charge in [0.25, 0.3) is 5.91 Å². The predicted octanol–water partition coefficient (Wildman–Crippen LogP) is 2.33. The van der Waals surface area contributed by atoms with Crippen molar-refractivity contribution in [1.29, 1.82) is 0 Å². The summed E-state index contributed by atoms with van der Waals surface area (Å²) >= 11 is 1.06. The minimum Gasteiger partial charge on any atom is -0.366 e. The Morgan fingerprint density at radius 3 is 2.72 bits per heavy atom. The van der Waals surface area contributed by atoms with Crippen molar-refractivity contribution in [3.8, 4) is 11.8 Å². The third kappa shape index (κ3) is 6.19. The van der Waals surface area contributed by atoms with Crippen LogP contribution in [0, 0.1) is 11.8 Å².